The fourth-order valence-corrected chi connectivity index (χ4v) is 2.87. The van der Waals surface area contributed by atoms with Crippen molar-refractivity contribution in [2.75, 3.05) is 32.7 Å². The van der Waals surface area contributed by atoms with Crippen LogP contribution < -0.4 is 0 Å². The molecule has 0 amide bonds. The van der Waals surface area contributed by atoms with E-state index in [1.165, 1.54) is 36.3 Å². The predicted molar refractivity (Wildman–Crippen MR) is 83.9 cm³/mol. The zero-order valence-corrected chi connectivity index (χ0v) is 12.5. The van der Waals surface area contributed by atoms with E-state index < -0.39 is 0 Å². The SMILES string of the molecule is CCN1CCN(Cc2ccc3cc(C)ccc3n2)CC1. The highest BCUT2D eigenvalue weighted by atomic mass is 15.3. The molecule has 20 heavy (non-hydrogen) atoms. The van der Waals surface area contributed by atoms with Crippen molar-refractivity contribution in [1.82, 2.24) is 14.8 Å². The lowest BCUT2D eigenvalue weighted by atomic mass is 10.1. The van der Waals surface area contributed by atoms with Gasteiger partial charge in [-0.05, 0) is 31.7 Å². The molecule has 1 aromatic carbocycles. The van der Waals surface area contributed by atoms with Gasteiger partial charge in [0, 0.05) is 38.1 Å². The summed E-state index contributed by atoms with van der Waals surface area (Å²) in [5.74, 6) is 0. The Bertz CT molecular complexity index is 586. The molecule has 3 heteroatoms. The van der Waals surface area contributed by atoms with Crippen molar-refractivity contribution >= 4 is 10.9 Å². The van der Waals surface area contributed by atoms with Gasteiger partial charge in [-0.2, -0.15) is 0 Å². The highest BCUT2D eigenvalue weighted by Gasteiger charge is 2.15. The highest BCUT2D eigenvalue weighted by Crippen LogP contribution is 2.16. The molecule has 0 N–H and O–H groups in total. The summed E-state index contributed by atoms with van der Waals surface area (Å²) >= 11 is 0. The molecule has 0 saturated carbocycles. The van der Waals surface area contributed by atoms with E-state index in [-0.39, 0.29) is 0 Å². The van der Waals surface area contributed by atoms with Gasteiger partial charge in [0.25, 0.3) is 0 Å². The number of hydrogen-bond donors (Lipinski definition) is 0. The Morgan fingerprint density at radius 1 is 1.00 bits per heavy atom. The van der Waals surface area contributed by atoms with Crippen LogP contribution in [-0.4, -0.2) is 47.5 Å². The van der Waals surface area contributed by atoms with Gasteiger partial charge in [-0.1, -0.05) is 24.6 Å². The van der Waals surface area contributed by atoms with Gasteiger partial charge in [0.2, 0.25) is 0 Å². The Morgan fingerprint density at radius 2 is 1.75 bits per heavy atom. The molecule has 1 aliphatic heterocycles. The average molecular weight is 269 g/mol. The van der Waals surface area contributed by atoms with Gasteiger partial charge in [-0.3, -0.25) is 9.88 Å². The molecule has 1 saturated heterocycles. The number of rotatable bonds is 3. The lowest BCUT2D eigenvalue weighted by molar-refractivity contribution is 0.131. The van der Waals surface area contributed by atoms with Crippen LogP contribution in [0, 0.1) is 6.92 Å². The maximum atomic E-state index is 4.79. The lowest BCUT2D eigenvalue weighted by Gasteiger charge is -2.33. The molecule has 1 aliphatic rings. The largest absolute Gasteiger partial charge is 0.301 e. The van der Waals surface area contributed by atoms with Crippen molar-refractivity contribution < 1.29 is 0 Å². The van der Waals surface area contributed by atoms with Crippen molar-refractivity contribution in [2.45, 2.75) is 20.4 Å². The zero-order valence-electron chi connectivity index (χ0n) is 12.5. The minimum absolute atomic E-state index is 0.974. The van der Waals surface area contributed by atoms with Gasteiger partial charge in [-0.15, -0.1) is 0 Å². The van der Waals surface area contributed by atoms with E-state index in [2.05, 4.69) is 54.0 Å². The number of hydrogen-bond acceptors (Lipinski definition) is 3. The summed E-state index contributed by atoms with van der Waals surface area (Å²) in [7, 11) is 0. The van der Waals surface area contributed by atoms with Crippen molar-refractivity contribution in [2.24, 2.45) is 0 Å². The number of piperazine rings is 1. The van der Waals surface area contributed by atoms with Crippen molar-refractivity contribution in [3.05, 3.63) is 41.6 Å². The first-order valence-electron chi connectivity index (χ1n) is 7.55. The van der Waals surface area contributed by atoms with Gasteiger partial charge < -0.3 is 4.90 Å². The second kappa shape index (κ2) is 5.90. The minimum atomic E-state index is 0.974. The van der Waals surface area contributed by atoms with Gasteiger partial charge in [-0.25, -0.2) is 0 Å². The van der Waals surface area contributed by atoms with E-state index >= 15 is 0 Å². The van der Waals surface area contributed by atoms with E-state index in [4.69, 9.17) is 4.98 Å². The van der Waals surface area contributed by atoms with Crippen molar-refractivity contribution in [3.63, 3.8) is 0 Å². The Labute approximate surface area is 121 Å². The first kappa shape index (κ1) is 13.5. The summed E-state index contributed by atoms with van der Waals surface area (Å²) in [4.78, 5) is 9.81. The summed E-state index contributed by atoms with van der Waals surface area (Å²) in [6.07, 6.45) is 0. The Balaban J connectivity index is 1.70. The van der Waals surface area contributed by atoms with E-state index in [0.29, 0.717) is 0 Å². The van der Waals surface area contributed by atoms with E-state index in [1.54, 1.807) is 0 Å². The normalized spacial score (nSPS) is 17.7. The molecular weight excluding hydrogens is 246 g/mol. The van der Waals surface area contributed by atoms with Crippen LogP contribution in [0.3, 0.4) is 0 Å². The fraction of sp³-hybridized carbons (Fsp3) is 0.471. The van der Waals surface area contributed by atoms with Crippen LogP contribution in [0.1, 0.15) is 18.2 Å². The van der Waals surface area contributed by atoms with Crippen LogP contribution in [0.5, 0.6) is 0 Å². The third-order valence-corrected chi connectivity index (χ3v) is 4.20. The van der Waals surface area contributed by atoms with E-state index in [9.17, 15) is 0 Å². The molecule has 0 spiro atoms. The molecule has 3 rings (SSSR count). The molecule has 0 atom stereocenters. The fourth-order valence-electron chi connectivity index (χ4n) is 2.87. The summed E-state index contributed by atoms with van der Waals surface area (Å²) in [6, 6.07) is 10.8. The summed E-state index contributed by atoms with van der Waals surface area (Å²) in [5, 5.41) is 1.24. The first-order valence-corrected chi connectivity index (χ1v) is 7.55. The molecule has 2 aromatic rings. The molecule has 1 fully saturated rings. The molecule has 0 aliphatic carbocycles. The third kappa shape index (κ3) is 3.00. The monoisotopic (exact) mass is 269 g/mol. The van der Waals surface area contributed by atoms with Crippen LogP contribution in [-0.2, 0) is 6.54 Å². The maximum Gasteiger partial charge on any atom is 0.0706 e. The van der Waals surface area contributed by atoms with Crippen LogP contribution in [0.4, 0.5) is 0 Å². The maximum absolute atomic E-state index is 4.79. The molecule has 3 nitrogen and oxygen atoms in total. The number of aryl methyl sites for hydroxylation is 1. The Kier molecular flexibility index (Phi) is 3.99. The standard InChI is InChI=1S/C17H23N3/c1-3-19-8-10-20(11-9-19)13-16-6-5-15-12-14(2)4-7-17(15)18-16/h4-7,12H,3,8-11,13H2,1-2H3. The second-order valence-corrected chi connectivity index (χ2v) is 5.71. The van der Waals surface area contributed by atoms with E-state index in [1.807, 2.05) is 0 Å². The topological polar surface area (TPSA) is 19.4 Å². The van der Waals surface area contributed by atoms with Gasteiger partial charge >= 0.3 is 0 Å². The highest BCUT2D eigenvalue weighted by molar-refractivity contribution is 5.79. The summed E-state index contributed by atoms with van der Waals surface area (Å²) in [5.41, 5.74) is 3.59. The lowest BCUT2D eigenvalue weighted by Crippen LogP contribution is -2.45. The number of pyridine rings is 1. The molecule has 1 aromatic heterocycles. The van der Waals surface area contributed by atoms with Crippen molar-refractivity contribution in [3.8, 4) is 0 Å². The molecule has 106 valence electrons. The number of nitrogens with zero attached hydrogens (tertiary/aromatic N) is 3. The molecule has 0 bridgehead atoms. The average Bonchev–Trinajstić information content (AvgIpc) is 2.48. The Morgan fingerprint density at radius 3 is 2.50 bits per heavy atom. The molecule has 2 heterocycles. The van der Waals surface area contributed by atoms with Crippen LogP contribution in [0.15, 0.2) is 30.3 Å². The molecule has 0 radical (unpaired) electrons. The molecular formula is C17H23N3. The van der Waals surface area contributed by atoms with Gasteiger partial charge in [0.05, 0.1) is 11.2 Å². The van der Waals surface area contributed by atoms with E-state index in [0.717, 1.165) is 25.2 Å². The predicted octanol–water partition coefficient (Wildman–Crippen LogP) is 2.68. The number of benzene rings is 1. The van der Waals surface area contributed by atoms with Crippen LogP contribution >= 0.6 is 0 Å². The number of fused-ring (bicyclic) bond motifs is 1. The van der Waals surface area contributed by atoms with Gasteiger partial charge in [0.1, 0.15) is 0 Å². The minimum Gasteiger partial charge on any atom is -0.301 e. The zero-order chi connectivity index (χ0) is 13.9. The summed E-state index contributed by atoms with van der Waals surface area (Å²) in [6.45, 7) is 11.2. The van der Waals surface area contributed by atoms with Crippen LogP contribution in [0.2, 0.25) is 0 Å². The smallest absolute Gasteiger partial charge is 0.0706 e. The number of aromatic nitrogens is 1. The summed E-state index contributed by atoms with van der Waals surface area (Å²) < 4.78 is 0. The molecule has 0 unspecified atom stereocenters. The number of likely N-dealkylation sites (N-methyl/N-ethyl adjacent to an activating group) is 1. The quantitative estimate of drug-likeness (QED) is 0.854. The Hall–Kier alpha value is -1.45. The van der Waals surface area contributed by atoms with Crippen molar-refractivity contribution in [1.29, 1.82) is 0 Å². The second-order valence-electron chi connectivity index (χ2n) is 5.71. The van der Waals surface area contributed by atoms with Gasteiger partial charge in [0.15, 0.2) is 0 Å². The first-order chi connectivity index (χ1) is 9.74. The third-order valence-electron chi connectivity index (χ3n) is 4.20. The van der Waals surface area contributed by atoms with Crippen LogP contribution in [0.25, 0.3) is 10.9 Å².